The van der Waals surface area contributed by atoms with E-state index in [0.717, 1.165) is 0 Å². The Morgan fingerprint density at radius 3 is 2.45 bits per heavy atom. The maximum absolute atomic E-state index is 13.0. The number of nitro benzene ring substituents is 1. The molecule has 0 spiro atoms. The average molecular weight is 513 g/mol. The van der Waals surface area contributed by atoms with E-state index in [1.807, 2.05) is 19.0 Å². The number of hydrogen-bond acceptors (Lipinski definition) is 8. The van der Waals surface area contributed by atoms with Crippen molar-refractivity contribution in [1.29, 1.82) is 0 Å². The van der Waals surface area contributed by atoms with Crippen LogP contribution in [0.4, 0.5) is 10.8 Å². The van der Waals surface area contributed by atoms with Crippen LogP contribution in [-0.4, -0.2) is 62.1 Å². The van der Waals surface area contributed by atoms with Crippen molar-refractivity contribution in [3.63, 3.8) is 0 Å². The normalized spacial score (nSPS) is 11.4. The molecule has 3 aromatic rings. The molecule has 1 amide bonds. The van der Waals surface area contributed by atoms with Crippen LogP contribution in [0.5, 0.6) is 0 Å². The monoisotopic (exact) mass is 512 g/mol. The topological polar surface area (TPSA) is 114 Å². The lowest BCUT2D eigenvalue weighted by atomic mass is 10.3. The zero-order chi connectivity index (χ0) is 23.3. The minimum atomic E-state index is -3.46. The molecule has 2 aromatic carbocycles. The van der Waals surface area contributed by atoms with Crippen molar-refractivity contribution in [2.24, 2.45) is 0 Å². The first-order valence-electron chi connectivity index (χ1n) is 9.95. The number of anilines is 1. The van der Waals surface area contributed by atoms with Crippen LogP contribution in [0.1, 0.15) is 12.8 Å². The molecular weight excluding hydrogens is 488 g/mol. The first kappa shape index (κ1) is 26.7. The summed E-state index contributed by atoms with van der Waals surface area (Å²) in [6.07, 6.45) is 0.237. The lowest BCUT2D eigenvalue weighted by Gasteiger charge is -2.22. The number of rotatable bonds is 10. The van der Waals surface area contributed by atoms with Crippen LogP contribution in [0.15, 0.2) is 53.4 Å². The number of non-ortho nitro benzene ring substituents is 1. The predicted octanol–water partition coefficient (Wildman–Crippen LogP) is 3.78. The van der Waals surface area contributed by atoms with Crippen LogP contribution >= 0.6 is 23.7 Å². The van der Waals surface area contributed by atoms with E-state index in [0.29, 0.717) is 28.4 Å². The van der Waals surface area contributed by atoms with Gasteiger partial charge in [0.05, 0.1) is 25.8 Å². The summed E-state index contributed by atoms with van der Waals surface area (Å²) in [5, 5.41) is 11.5. The van der Waals surface area contributed by atoms with E-state index in [9.17, 15) is 23.3 Å². The Bertz CT molecular complexity index is 1220. The number of hydrogen-bond donors (Lipinski definition) is 0. The summed E-state index contributed by atoms with van der Waals surface area (Å²) in [6.45, 7) is 0.962. The number of amides is 1. The molecule has 0 radical (unpaired) electrons. The summed E-state index contributed by atoms with van der Waals surface area (Å²) in [6, 6.07) is 12.6. The molecule has 1 heterocycles. The highest BCUT2D eigenvalue weighted by molar-refractivity contribution is 7.91. The fourth-order valence-corrected chi connectivity index (χ4v) is 5.43. The van der Waals surface area contributed by atoms with Gasteiger partial charge in [0.15, 0.2) is 15.0 Å². The number of aromatic nitrogens is 1. The largest absolute Gasteiger partial charge is 0.308 e. The Labute approximate surface area is 202 Å². The van der Waals surface area contributed by atoms with Crippen molar-refractivity contribution in [2.75, 3.05) is 37.8 Å². The second kappa shape index (κ2) is 11.5. The van der Waals surface area contributed by atoms with Gasteiger partial charge in [-0.3, -0.25) is 19.8 Å². The van der Waals surface area contributed by atoms with E-state index in [1.54, 1.807) is 36.4 Å². The Kier molecular flexibility index (Phi) is 9.29. The number of benzene rings is 2. The van der Waals surface area contributed by atoms with Gasteiger partial charge in [-0.15, -0.1) is 12.4 Å². The molecule has 1 aromatic heterocycles. The first-order valence-corrected chi connectivity index (χ1v) is 12.4. The number of halogens is 1. The van der Waals surface area contributed by atoms with Crippen molar-refractivity contribution in [2.45, 2.75) is 17.7 Å². The number of sulfone groups is 1. The van der Waals surface area contributed by atoms with Gasteiger partial charge in [-0.2, -0.15) is 0 Å². The molecule has 0 aliphatic rings. The zero-order valence-corrected chi connectivity index (χ0v) is 20.7. The molecule has 0 saturated heterocycles. The lowest BCUT2D eigenvalue weighted by molar-refractivity contribution is -0.384. The molecule has 0 atom stereocenters. The standard InChI is InChI=1S/C21H24N4O5S2.ClH/c1-23(2)12-13-24(21-22-18-11-10-16(25(27)28)15-19(18)31-21)20(26)9-6-14-32(29,30)17-7-4-3-5-8-17;/h3-5,7-8,10-11,15H,6,9,12-14H2,1-2H3;1H. The smallest absolute Gasteiger partial charge is 0.270 e. The van der Waals surface area contributed by atoms with E-state index in [-0.39, 0.29) is 47.5 Å². The Morgan fingerprint density at radius 1 is 1.12 bits per heavy atom. The van der Waals surface area contributed by atoms with Crippen molar-refractivity contribution >= 4 is 60.5 Å². The van der Waals surface area contributed by atoms with Crippen LogP contribution in [0, 0.1) is 10.1 Å². The van der Waals surface area contributed by atoms with Crippen LogP contribution in [0.3, 0.4) is 0 Å². The van der Waals surface area contributed by atoms with E-state index in [1.165, 1.54) is 28.4 Å². The fourth-order valence-electron chi connectivity index (χ4n) is 3.05. The average Bonchev–Trinajstić information content (AvgIpc) is 3.17. The zero-order valence-electron chi connectivity index (χ0n) is 18.2. The fraction of sp³-hybridized carbons (Fsp3) is 0.333. The molecule has 33 heavy (non-hydrogen) atoms. The second-order valence-electron chi connectivity index (χ2n) is 7.49. The molecule has 0 saturated carbocycles. The third-order valence-electron chi connectivity index (χ3n) is 4.78. The summed E-state index contributed by atoms with van der Waals surface area (Å²) in [4.78, 5) is 31.8. The number of carbonyl (C=O) groups is 1. The first-order chi connectivity index (χ1) is 15.2. The predicted molar refractivity (Wildman–Crippen MR) is 132 cm³/mol. The Balaban J connectivity index is 0.00000385. The van der Waals surface area contributed by atoms with Crippen LogP contribution < -0.4 is 4.90 Å². The molecular formula is C21H25ClN4O5S2. The molecule has 0 bridgehead atoms. The van der Waals surface area contributed by atoms with Gasteiger partial charge < -0.3 is 4.90 Å². The number of carbonyl (C=O) groups excluding carboxylic acids is 1. The maximum Gasteiger partial charge on any atom is 0.270 e. The van der Waals surface area contributed by atoms with Crippen LogP contribution in [0.2, 0.25) is 0 Å². The number of likely N-dealkylation sites (N-methyl/N-ethyl adjacent to an activating group) is 1. The molecule has 3 rings (SSSR count). The van der Waals surface area contributed by atoms with Crippen molar-refractivity contribution in [1.82, 2.24) is 9.88 Å². The molecule has 9 nitrogen and oxygen atoms in total. The lowest BCUT2D eigenvalue weighted by Crippen LogP contribution is -2.36. The molecule has 0 fully saturated rings. The summed E-state index contributed by atoms with van der Waals surface area (Å²) < 4.78 is 25.6. The number of nitro groups is 1. The molecule has 0 aliphatic carbocycles. The Morgan fingerprint density at radius 2 is 1.82 bits per heavy atom. The van der Waals surface area contributed by atoms with Crippen molar-refractivity contribution in [3.05, 3.63) is 58.6 Å². The van der Waals surface area contributed by atoms with Gasteiger partial charge in [-0.05, 0) is 38.7 Å². The van der Waals surface area contributed by atoms with Crippen LogP contribution in [0.25, 0.3) is 10.2 Å². The highest BCUT2D eigenvalue weighted by Gasteiger charge is 2.22. The third-order valence-corrected chi connectivity index (χ3v) is 7.64. The Hall–Kier alpha value is -2.60. The minimum Gasteiger partial charge on any atom is -0.308 e. The molecule has 0 aliphatic heterocycles. The minimum absolute atomic E-state index is 0. The maximum atomic E-state index is 13.0. The van der Waals surface area contributed by atoms with Gasteiger partial charge in [0.2, 0.25) is 5.91 Å². The van der Waals surface area contributed by atoms with Crippen LogP contribution in [-0.2, 0) is 14.6 Å². The quantitative estimate of drug-likeness (QED) is 0.300. The highest BCUT2D eigenvalue weighted by Crippen LogP contribution is 2.32. The van der Waals surface area contributed by atoms with Gasteiger partial charge in [-0.25, -0.2) is 13.4 Å². The van der Waals surface area contributed by atoms with Gasteiger partial charge >= 0.3 is 0 Å². The number of nitrogens with zero attached hydrogens (tertiary/aromatic N) is 4. The number of fused-ring (bicyclic) bond motifs is 1. The molecule has 12 heteroatoms. The van der Waals surface area contributed by atoms with Crippen molar-refractivity contribution in [3.8, 4) is 0 Å². The van der Waals surface area contributed by atoms with Gasteiger partial charge in [0.1, 0.15) is 0 Å². The third kappa shape index (κ3) is 6.94. The van der Waals surface area contributed by atoms with Gasteiger partial charge in [-0.1, -0.05) is 29.5 Å². The highest BCUT2D eigenvalue weighted by atomic mass is 35.5. The van der Waals surface area contributed by atoms with Gasteiger partial charge in [0.25, 0.3) is 5.69 Å². The van der Waals surface area contributed by atoms with E-state index < -0.39 is 14.8 Å². The van der Waals surface area contributed by atoms with E-state index >= 15 is 0 Å². The SMILES string of the molecule is CN(C)CCN(C(=O)CCCS(=O)(=O)c1ccccc1)c1nc2ccc([N+](=O)[O-])cc2s1.Cl. The molecule has 178 valence electrons. The van der Waals surface area contributed by atoms with Crippen molar-refractivity contribution < 1.29 is 18.1 Å². The molecule has 0 unspecified atom stereocenters. The van der Waals surface area contributed by atoms with Gasteiger partial charge in [0, 0.05) is 31.6 Å². The number of thiazole rings is 1. The van der Waals surface area contributed by atoms with E-state index in [4.69, 9.17) is 0 Å². The summed E-state index contributed by atoms with van der Waals surface area (Å²) in [5.41, 5.74) is 0.537. The van der Waals surface area contributed by atoms with E-state index in [2.05, 4.69) is 4.98 Å². The molecule has 0 N–H and O–H groups in total. The summed E-state index contributed by atoms with van der Waals surface area (Å²) >= 11 is 1.21. The summed E-state index contributed by atoms with van der Waals surface area (Å²) in [5.74, 6) is -0.361. The summed E-state index contributed by atoms with van der Waals surface area (Å²) in [7, 11) is 0.310. The second-order valence-corrected chi connectivity index (χ2v) is 10.6.